The van der Waals surface area contributed by atoms with Crippen LogP contribution in [0.25, 0.3) is 0 Å². The molecule has 0 aliphatic heterocycles. The zero-order chi connectivity index (χ0) is 22.9. The summed E-state index contributed by atoms with van der Waals surface area (Å²) in [6, 6.07) is 0. The van der Waals surface area contributed by atoms with Crippen LogP contribution in [-0.4, -0.2) is 16.9 Å². The molecule has 0 heterocycles. The Morgan fingerprint density at radius 1 is 0.781 bits per heavy atom. The molecule has 0 bridgehead atoms. The minimum absolute atomic E-state index is 0.338. The predicted octanol–water partition coefficient (Wildman–Crippen LogP) is 7.67. The molecule has 7 atom stereocenters. The first-order chi connectivity index (χ1) is 15.3. The van der Waals surface area contributed by atoms with Gasteiger partial charge in [0.1, 0.15) is 5.78 Å². The lowest BCUT2D eigenvalue weighted by molar-refractivity contribution is -0.137. The number of hydrogen-bond acceptors (Lipinski definition) is 2. The van der Waals surface area contributed by atoms with E-state index in [4.69, 9.17) is 5.11 Å². The summed E-state index contributed by atoms with van der Waals surface area (Å²) < 4.78 is 0. The fourth-order valence-electron chi connectivity index (χ4n) is 9.59. The van der Waals surface area contributed by atoms with Gasteiger partial charge < -0.3 is 5.11 Å². The highest BCUT2D eigenvalue weighted by Gasteiger charge is 2.60. The van der Waals surface area contributed by atoms with Crippen LogP contribution in [0.1, 0.15) is 124 Å². The summed E-state index contributed by atoms with van der Waals surface area (Å²) in [6.45, 7) is 6.97. The van der Waals surface area contributed by atoms with Crippen molar-refractivity contribution in [1.82, 2.24) is 0 Å². The first-order valence-electron chi connectivity index (χ1n) is 14.0. The van der Waals surface area contributed by atoms with Crippen LogP contribution >= 0.6 is 0 Å². The summed E-state index contributed by atoms with van der Waals surface area (Å²) >= 11 is 0. The van der Waals surface area contributed by atoms with E-state index in [9.17, 15) is 9.59 Å². The molecule has 5 aliphatic rings. The van der Waals surface area contributed by atoms with Gasteiger partial charge in [0.15, 0.2) is 0 Å². The molecule has 0 spiro atoms. The molecular formula is C29H48O3. The highest BCUT2D eigenvalue weighted by atomic mass is 16.4. The fourth-order valence-corrected chi connectivity index (χ4v) is 9.59. The van der Waals surface area contributed by atoms with E-state index in [0.29, 0.717) is 29.0 Å². The molecule has 0 aromatic carbocycles. The van der Waals surface area contributed by atoms with Gasteiger partial charge in [-0.3, -0.25) is 9.59 Å². The van der Waals surface area contributed by atoms with E-state index < -0.39 is 5.97 Å². The molecule has 0 amide bonds. The SMILES string of the molecule is CC(=O)C1CCC2C3CCC4CCCCC4(C)C3CCC12C.O=C(O)CCC1CCCC1. The average molecular weight is 445 g/mol. The van der Waals surface area contributed by atoms with Crippen LogP contribution in [0.4, 0.5) is 0 Å². The Balaban J connectivity index is 0.000000207. The van der Waals surface area contributed by atoms with Crippen LogP contribution in [0.3, 0.4) is 0 Å². The normalized spacial score (nSPS) is 43.4. The Hall–Kier alpha value is -0.860. The van der Waals surface area contributed by atoms with Crippen molar-refractivity contribution in [1.29, 1.82) is 0 Å². The van der Waals surface area contributed by atoms with Crippen molar-refractivity contribution in [2.24, 2.45) is 46.3 Å². The third-order valence-corrected chi connectivity index (χ3v) is 11.3. The van der Waals surface area contributed by atoms with E-state index in [1.54, 1.807) is 0 Å². The molecule has 7 unspecified atom stereocenters. The summed E-state index contributed by atoms with van der Waals surface area (Å²) in [7, 11) is 0. The van der Waals surface area contributed by atoms with E-state index in [1.165, 1.54) is 89.9 Å². The molecule has 0 saturated heterocycles. The number of carbonyl (C=O) groups is 2. The van der Waals surface area contributed by atoms with Crippen molar-refractivity contribution in [2.45, 2.75) is 124 Å². The van der Waals surface area contributed by atoms with Crippen molar-refractivity contribution in [3.63, 3.8) is 0 Å². The van der Waals surface area contributed by atoms with Gasteiger partial charge in [0.2, 0.25) is 0 Å². The van der Waals surface area contributed by atoms with Gasteiger partial charge in [-0.1, -0.05) is 52.4 Å². The number of ketones is 1. The molecule has 32 heavy (non-hydrogen) atoms. The van der Waals surface area contributed by atoms with Crippen molar-refractivity contribution >= 4 is 11.8 Å². The van der Waals surface area contributed by atoms with Gasteiger partial charge in [-0.2, -0.15) is 0 Å². The first kappa shape index (κ1) is 24.3. The van der Waals surface area contributed by atoms with Crippen LogP contribution in [0, 0.1) is 46.3 Å². The second kappa shape index (κ2) is 9.79. The monoisotopic (exact) mass is 444 g/mol. The van der Waals surface area contributed by atoms with E-state index in [1.807, 2.05) is 6.92 Å². The number of aliphatic carboxylic acids is 1. The van der Waals surface area contributed by atoms with Gasteiger partial charge in [-0.25, -0.2) is 0 Å². The zero-order valence-corrected chi connectivity index (χ0v) is 21.0. The van der Waals surface area contributed by atoms with Crippen molar-refractivity contribution < 1.29 is 14.7 Å². The van der Waals surface area contributed by atoms with E-state index >= 15 is 0 Å². The standard InChI is InChI=1S/C21H34O.C8H14O2/c1-14(22)17-9-10-18-16-8-7-15-6-4-5-12-20(15,2)19(16)11-13-21(17,18)3;9-8(10)6-5-7-3-1-2-4-7/h15-19H,4-13H2,1-3H3;7H,1-6H2,(H,9,10). The van der Waals surface area contributed by atoms with Gasteiger partial charge in [-0.15, -0.1) is 0 Å². The second-order valence-electron chi connectivity index (χ2n) is 12.8. The van der Waals surface area contributed by atoms with Gasteiger partial charge in [0.05, 0.1) is 0 Å². The Labute approximate surface area is 196 Å². The lowest BCUT2D eigenvalue weighted by atomic mass is 9.45. The number of rotatable bonds is 4. The molecule has 3 heteroatoms. The summed E-state index contributed by atoms with van der Waals surface area (Å²) in [5.41, 5.74) is 0.974. The molecule has 5 fully saturated rings. The van der Waals surface area contributed by atoms with E-state index in [2.05, 4.69) is 13.8 Å². The van der Waals surface area contributed by atoms with Gasteiger partial charge in [-0.05, 0) is 105 Å². The lowest BCUT2D eigenvalue weighted by Gasteiger charge is -2.60. The lowest BCUT2D eigenvalue weighted by Crippen LogP contribution is -2.53. The fraction of sp³-hybridized carbons (Fsp3) is 0.931. The molecular weight excluding hydrogens is 396 g/mol. The molecule has 0 aromatic heterocycles. The van der Waals surface area contributed by atoms with Crippen molar-refractivity contribution in [3.8, 4) is 0 Å². The third kappa shape index (κ3) is 4.56. The number of carboxylic acid groups (broad SMARTS) is 1. The smallest absolute Gasteiger partial charge is 0.303 e. The zero-order valence-electron chi connectivity index (χ0n) is 21.0. The summed E-state index contributed by atoms with van der Waals surface area (Å²) in [5.74, 6) is 4.67. The second-order valence-corrected chi connectivity index (χ2v) is 12.8. The number of carboxylic acids is 1. The molecule has 5 saturated carbocycles. The average Bonchev–Trinajstić information content (AvgIpc) is 3.39. The van der Waals surface area contributed by atoms with E-state index in [-0.39, 0.29) is 0 Å². The van der Waals surface area contributed by atoms with Gasteiger partial charge in [0.25, 0.3) is 0 Å². The highest BCUT2D eigenvalue weighted by Crippen LogP contribution is 2.67. The molecule has 182 valence electrons. The van der Waals surface area contributed by atoms with Crippen molar-refractivity contribution in [3.05, 3.63) is 0 Å². The Morgan fingerprint density at radius 2 is 1.47 bits per heavy atom. The molecule has 3 nitrogen and oxygen atoms in total. The Kier molecular flexibility index (Phi) is 7.42. The van der Waals surface area contributed by atoms with Gasteiger partial charge in [0, 0.05) is 12.3 Å². The minimum Gasteiger partial charge on any atom is -0.481 e. The third-order valence-electron chi connectivity index (χ3n) is 11.3. The maximum Gasteiger partial charge on any atom is 0.303 e. The molecule has 5 rings (SSSR count). The topological polar surface area (TPSA) is 54.4 Å². The van der Waals surface area contributed by atoms with E-state index in [0.717, 1.165) is 36.0 Å². The Bertz CT molecular complexity index is 680. The molecule has 0 aromatic rings. The largest absolute Gasteiger partial charge is 0.481 e. The summed E-state index contributed by atoms with van der Waals surface area (Å²) in [5, 5.41) is 8.37. The van der Waals surface area contributed by atoms with Crippen LogP contribution < -0.4 is 0 Å². The predicted molar refractivity (Wildman–Crippen MR) is 129 cm³/mol. The van der Waals surface area contributed by atoms with Crippen LogP contribution in [-0.2, 0) is 9.59 Å². The van der Waals surface area contributed by atoms with Crippen LogP contribution in [0.2, 0.25) is 0 Å². The number of hydrogen-bond donors (Lipinski definition) is 1. The van der Waals surface area contributed by atoms with Gasteiger partial charge >= 0.3 is 5.97 Å². The summed E-state index contributed by atoms with van der Waals surface area (Å²) in [4.78, 5) is 22.3. The van der Waals surface area contributed by atoms with Crippen LogP contribution in [0.5, 0.6) is 0 Å². The minimum atomic E-state index is -0.646. The summed E-state index contributed by atoms with van der Waals surface area (Å²) in [6.07, 6.45) is 20.5. The number of fused-ring (bicyclic) bond motifs is 5. The quantitative estimate of drug-likeness (QED) is 0.484. The highest BCUT2D eigenvalue weighted by molar-refractivity contribution is 5.79. The maximum atomic E-state index is 12.2. The van der Waals surface area contributed by atoms with Crippen molar-refractivity contribution in [2.75, 3.05) is 0 Å². The number of carbonyl (C=O) groups excluding carboxylic acids is 1. The first-order valence-corrected chi connectivity index (χ1v) is 14.0. The van der Waals surface area contributed by atoms with Crippen LogP contribution in [0.15, 0.2) is 0 Å². The maximum absolute atomic E-state index is 12.2. The molecule has 1 N–H and O–H groups in total. The number of Topliss-reactive ketones (excluding diaryl/α,β-unsaturated/α-hetero) is 1. The molecule has 5 aliphatic carbocycles. The Morgan fingerprint density at radius 3 is 2.16 bits per heavy atom. The molecule has 0 radical (unpaired) electrons.